The molecule has 8 heterocycles. The predicted octanol–water partition coefficient (Wildman–Crippen LogP) is 33.1. The molecule has 0 N–H and O–H groups in total. The predicted molar refractivity (Wildman–Crippen MR) is 574 cm³/mol. The van der Waals surface area contributed by atoms with Crippen LogP contribution in [0, 0.1) is 0 Å². The average molecular weight is 1760 g/mol. The first-order chi connectivity index (χ1) is 67.9. The van der Waals surface area contributed by atoms with Gasteiger partial charge in [-0.25, -0.2) is 29.9 Å². The van der Waals surface area contributed by atoms with Gasteiger partial charge in [-0.15, -0.1) is 11.3 Å². The molecular formula is C126H78N10S. The average Bonchev–Trinajstić information content (AvgIpc) is 1.61. The maximum atomic E-state index is 5.41. The fourth-order valence-electron chi connectivity index (χ4n) is 20.8. The largest absolute Gasteiger partial charge is 0.309 e. The Labute approximate surface area is 790 Å². The van der Waals surface area contributed by atoms with Crippen LogP contribution in [0.1, 0.15) is 0 Å². The van der Waals surface area contributed by atoms with Gasteiger partial charge in [0.05, 0.1) is 60.7 Å². The first kappa shape index (κ1) is 78.7. The zero-order valence-electron chi connectivity index (χ0n) is 73.9. The minimum Gasteiger partial charge on any atom is -0.309 e. The summed E-state index contributed by atoms with van der Waals surface area (Å²) in [7, 11) is 0. The normalized spacial score (nSPS) is 11.8. The van der Waals surface area contributed by atoms with Crippen molar-refractivity contribution in [2.24, 2.45) is 0 Å². The lowest BCUT2D eigenvalue weighted by atomic mass is 10.0. The number of para-hydroxylation sites is 5. The van der Waals surface area contributed by atoms with E-state index in [4.69, 9.17) is 29.9 Å². The second-order valence-corrected chi connectivity index (χ2v) is 36.2. The van der Waals surface area contributed by atoms with Crippen molar-refractivity contribution < 1.29 is 0 Å². The molecule has 0 aliphatic rings. The van der Waals surface area contributed by atoms with Crippen LogP contribution in [0.25, 0.3) is 263 Å². The summed E-state index contributed by atoms with van der Waals surface area (Å²) in [5.74, 6) is 4.78. The summed E-state index contributed by atoms with van der Waals surface area (Å²) in [6.45, 7) is 0. The van der Waals surface area contributed by atoms with Gasteiger partial charge in [-0.05, 0) is 187 Å². The summed E-state index contributed by atoms with van der Waals surface area (Å²) in [4.78, 5) is 31.4. The molecule has 0 unspecified atom stereocenters. The smallest absolute Gasteiger partial charge is 0.162 e. The first-order valence-electron chi connectivity index (χ1n) is 46.4. The number of nitrogens with zero attached hydrogens (tertiary/aromatic N) is 10. The van der Waals surface area contributed by atoms with Crippen molar-refractivity contribution in [3.63, 3.8) is 0 Å². The molecule has 11 heteroatoms. The van der Waals surface area contributed by atoms with E-state index in [1.54, 1.807) is 0 Å². The Hall–Kier alpha value is -18.2. The second kappa shape index (κ2) is 32.4. The summed E-state index contributed by atoms with van der Waals surface area (Å²) in [6, 6.07) is 168. The van der Waals surface area contributed by atoms with Crippen LogP contribution in [-0.4, -0.2) is 48.2 Å². The summed E-state index contributed by atoms with van der Waals surface area (Å²) in [5.41, 5.74) is 23.0. The molecule has 0 saturated heterocycles. The minimum atomic E-state index is 0.705. The van der Waals surface area contributed by atoms with Crippen LogP contribution in [0.5, 0.6) is 0 Å². The van der Waals surface area contributed by atoms with E-state index < -0.39 is 0 Å². The van der Waals surface area contributed by atoms with Crippen molar-refractivity contribution in [2.75, 3.05) is 0 Å². The Balaban J connectivity index is 0.000000105. The molecule has 10 nitrogen and oxygen atoms in total. The van der Waals surface area contributed by atoms with E-state index in [1.807, 2.05) is 72.0 Å². The van der Waals surface area contributed by atoms with Crippen LogP contribution in [0.4, 0.5) is 0 Å². The molecule has 21 aromatic carbocycles. The Morgan fingerprint density at radius 3 is 0.891 bits per heavy atom. The molecule has 0 bridgehead atoms. The third-order valence-corrected chi connectivity index (χ3v) is 28.4. The molecule has 137 heavy (non-hydrogen) atoms. The molecule has 0 aliphatic heterocycles. The third kappa shape index (κ3) is 13.4. The molecule has 638 valence electrons. The van der Waals surface area contributed by atoms with Crippen LogP contribution >= 0.6 is 11.3 Å². The highest BCUT2D eigenvalue weighted by molar-refractivity contribution is 7.26. The maximum Gasteiger partial charge on any atom is 0.162 e. The molecule has 29 aromatic rings. The highest BCUT2D eigenvalue weighted by atomic mass is 32.1. The summed E-state index contributed by atoms with van der Waals surface area (Å²) in [5, 5.41) is 22.7. The molecule has 29 rings (SSSR count). The van der Waals surface area contributed by atoms with Crippen molar-refractivity contribution >= 4 is 184 Å². The minimum absolute atomic E-state index is 0.705. The zero-order chi connectivity index (χ0) is 90.1. The molecule has 0 radical (unpaired) electrons. The standard InChI is InChI=1S/C48H30N4.C42H25N3S.C36H23N3/c1-3-13-31(14-4-1)47-49-42-26-24-34(35-23-25-39-37-19-9-11-21-43(37)51(45(39)30-35)36-17-5-2-6-18-36)28-41(42)48(50-47)52-44-22-12-10-20-38(44)40-27-32-15-7-8-16-33(32)29-46(40)52;1-2-11-26(12-3-1)41-43-36-22-21-29(30-17-10-18-33-32-16-7-9-20-39(32)46-40(30)33)24-35(36)42(44-41)45-37-19-8-6-15-31(37)34-23-27-13-4-5-14-28(27)25-38(34)45;1-3-11-24(12-4-1)28-19-20-32-31(22-28)36(38-35(37-32)25-13-5-2-6-14-25)39-33-18-10-9-17-29(33)30-21-26-15-7-8-16-27(26)23-34(30)39/h1-30H;1-25H;1-23H. The van der Waals surface area contributed by atoms with Crippen molar-refractivity contribution in [3.8, 4) is 90.7 Å². The number of hydrogen-bond donors (Lipinski definition) is 0. The number of benzene rings is 21. The van der Waals surface area contributed by atoms with Gasteiger partial charge in [0, 0.05) is 102 Å². The second-order valence-electron chi connectivity index (χ2n) is 35.2. The number of fused-ring (bicyclic) bond motifs is 21. The number of hydrogen-bond acceptors (Lipinski definition) is 7. The van der Waals surface area contributed by atoms with Gasteiger partial charge in [-0.1, -0.05) is 352 Å². The highest BCUT2D eigenvalue weighted by Gasteiger charge is 2.26. The third-order valence-electron chi connectivity index (χ3n) is 27.2. The molecule has 0 aliphatic carbocycles. The Kier molecular flexibility index (Phi) is 18.6. The molecular weight excluding hydrogens is 1690 g/mol. The van der Waals surface area contributed by atoms with Crippen LogP contribution < -0.4 is 0 Å². The van der Waals surface area contributed by atoms with Gasteiger partial charge in [-0.3, -0.25) is 13.7 Å². The van der Waals surface area contributed by atoms with Crippen LogP contribution in [0.2, 0.25) is 0 Å². The Morgan fingerprint density at radius 2 is 0.460 bits per heavy atom. The lowest BCUT2D eigenvalue weighted by Gasteiger charge is -2.14. The lowest BCUT2D eigenvalue weighted by molar-refractivity contribution is 1.08. The van der Waals surface area contributed by atoms with Gasteiger partial charge in [-0.2, -0.15) is 0 Å². The monoisotopic (exact) mass is 1760 g/mol. The van der Waals surface area contributed by atoms with E-state index in [2.05, 4.69) is 431 Å². The van der Waals surface area contributed by atoms with Crippen molar-refractivity contribution in [2.45, 2.75) is 0 Å². The van der Waals surface area contributed by atoms with E-state index >= 15 is 0 Å². The molecule has 0 amide bonds. The van der Waals surface area contributed by atoms with Crippen LogP contribution in [-0.2, 0) is 0 Å². The quantitative estimate of drug-likeness (QED) is 0.135. The maximum absolute atomic E-state index is 5.41. The summed E-state index contributed by atoms with van der Waals surface area (Å²) >= 11 is 1.86. The van der Waals surface area contributed by atoms with Crippen LogP contribution in [0.3, 0.4) is 0 Å². The van der Waals surface area contributed by atoms with Gasteiger partial charge >= 0.3 is 0 Å². The van der Waals surface area contributed by atoms with E-state index in [1.165, 1.54) is 118 Å². The SMILES string of the molecule is c1ccc(-c2ccc3nc(-c4ccccc4)nc(-n4c5ccccc5c5cc6ccccc6cc54)c3c2)cc1.c1ccc(-c2nc(-n3c4ccccc4c4cc5ccccc5cc43)c3cc(-c4ccc5c6ccccc6n(-c6ccccc6)c5c4)ccc3n2)cc1.c1ccc(-c2nc(-n3c4ccccc4c4cc5ccccc5cc43)c3cc(-c4cccc5c4sc4ccccc45)ccc3n2)cc1. The van der Waals surface area contributed by atoms with Gasteiger partial charge < -0.3 is 4.57 Å². The van der Waals surface area contributed by atoms with Gasteiger partial charge in [0.25, 0.3) is 0 Å². The zero-order valence-corrected chi connectivity index (χ0v) is 74.7. The highest BCUT2D eigenvalue weighted by Crippen LogP contribution is 2.47. The molecule has 0 spiro atoms. The Morgan fingerprint density at radius 1 is 0.161 bits per heavy atom. The van der Waals surface area contributed by atoms with Gasteiger partial charge in [0.1, 0.15) is 17.5 Å². The topological polar surface area (TPSA) is 97.1 Å². The molecule has 0 fully saturated rings. The van der Waals surface area contributed by atoms with E-state index in [0.717, 1.165) is 134 Å². The number of thiophene rings is 1. The molecule has 0 saturated carbocycles. The lowest BCUT2D eigenvalue weighted by Crippen LogP contribution is -2.03. The fraction of sp³-hybridized carbons (Fsp3) is 0. The molecule has 0 atom stereocenters. The van der Waals surface area contributed by atoms with Gasteiger partial charge in [0.15, 0.2) is 17.5 Å². The first-order valence-corrected chi connectivity index (χ1v) is 47.2. The summed E-state index contributed by atoms with van der Waals surface area (Å²) in [6.07, 6.45) is 0. The van der Waals surface area contributed by atoms with Crippen molar-refractivity contribution in [1.82, 2.24) is 48.2 Å². The number of aromatic nitrogens is 10. The van der Waals surface area contributed by atoms with Crippen molar-refractivity contribution in [1.29, 1.82) is 0 Å². The van der Waals surface area contributed by atoms with Crippen molar-refractivity contribution in [3.05, 3.63) is 473 Å². The van der Waals surface area contributed by atoms with E-state index in [9.17, 15) is 0 Å². The Bertz CT molecular complexity index is 9930. The fourth-order valence-corrected chi connectivity index (χ4v) is 22.0. The molecule has 8 aromatic heterocycles. The van der Waals surface area contributed by atoms with E-state index in [0.29, 0.717) is 11.6 Å². The number of rotatable bonds is 10. The van der Waals surface area contributed by atoms with E-state index in [-0.39, 0.29) is 0 Å². The summed E-state index contributed by atoms with van der Waals surface area (Å²) < 4.78 is 12.0. The van der Waals surface area contributed by atoms with Crippen LogP contribution in [0.15, 0.2) is 473 Å². The van der Waals surface area contributed by atoms with Gasteiger partial charge in [0.2, 0.25) is 0 Å².